The molecule has 0 unspecified atom stereocenters. The van der Waals surface area contributed by atoms with Gasteiger partial charge in [-0.25, -0.2) is 0 Å². The predicted molar refractivity (Wildman–Crippen MR) is 75.5 cm³/mol. The molecule has 100 valence electrons. The Morgan fingerprint density at radius 2 is 1.83 bits per heavy atom. The molecule has 1 fully saturated rings. The van der Waals surface area contributed by atoms with Gasteiger partial charge in [-0.05, 0) is 57.2 Å². The van der Waals surface area contributed by atoms with Crippen LogP contribution >= 0.6 is 0 Å². The number of aliphatic hydroxyl groups excluding tert-OH is 1. The summed E-state index contributed by atoms with van der Waals surface area (Å²) in [5.74, 6) is 0.839. The molecule has 0 atom stereocenters. The van der Waals surface area contributed by atoms with E-state index in [1.54, 1.807) is 0 Å². The SMILES string of the molecule is Cc1ccc(CN2CCC(CCCO)CC2)cc1. The summed E-state index contributed by atoms with van der Waals surface area (Å²) in [6.45, 7) is 6.00. The first-order valence-electron chi connectivity index (χ1n) is 7.16. The first kappa shape index (κ1) is 13.6. The minimum absolute atomic E-state index is 0.351. The van der Waals surface area contributed by atoms with E-state index in [0.717, 1.165) is 18.9 Å². The molecule has 0 spiro atoms. The number of rotatable bonds is 5. The Balaban J connectivity index is 1.74. The molecule has 0 saturated carbocycles. The second-order valence-corrected chi connectivity index (χ2v) is 5.57. The van der Waals surface area contributed by atoms with Gasteiger partial charge in [0.2, 0.25) is 0 Å². The number of aliphatic hydroxyl groups is 1. The highest BCUT2D eigenvalue weighted by atomic mass is 16.2. The Kier molecular flexibility index (Phi) is 5.21. The Morgan fingerprint density at radius 1 is 1.17 bits per heavy atom. The average Bonchev–Trinajstić information content (AvgIpc) is 2.41. The van der Waals surface area contributed by atoms with E-state index in [4.69, 9.17) is 5.11 Å². The van der Waals surface area contributed by atoms with Crippen LogP contribution in [0.1, 0.15) is 36.8 Å². The molecule has 2 heteroatoms. The van der Waals surface area contributed by atoms with Crippen molar-refractivity contribution >= 4 is 0 Å². The van der Waals surface area contributed by atoms with Gasteiger partial charge in [0, 0.05) is 13.2 Å². The van der Waals surface area contributed by atoms with Gasteiger partial charge in [0.1, 0.15) is 0 Å². The number of benzene rings is 1. The maximum atomic E-state index is 8.86. The summed E-state index contributed by atoms with van der Waals surface area (Å²) in [4.78, 5) is 2.56. The van der Waals surface area contributed by atoms with Crippen LogP contribution in [0.4, 0.5) is 0 Å². The third-order valence-corrected chi connectivity index (χ3v) is 4.00. The van der Waals surface area contributed by atoms with Crippen molar-refractivity contribution in [1.29, 1.82) is 0 Å². The van der Waals surface area contributed by atoms with E-state index in [-0.39, 0.29) is 0 Å². The van der Waals surface area contributed by atoms with Crippen LogP contribution in [-0.2, 0) is 6.54 Å². The third-order valence-electron chi connectivity index (χ3n) is 4.00. The van der Waals surface area contributed by atoms with Crippen LogP contribution in [-0.4, -0.2) is 29.7 Å². The highest BCUT2D eigenvalue weighted by molar-refractivity contribution is 5.21. The Bertz CT molecular complexity index is 339. The number of hydrogen-bond acceptors (Lipinski definition) is 2. The van der Waals surface area contributed by atoms with Crippen LogP contribution in [0.3, 0.4) is 0 Å². The quantitative estimate of drug-likeness (QED) is 0.864. The summed E-state index contributed by atoms with van der Waals surface area (Å²) in [7, 11) is 0. The zero-order valence-corrected chi connectivity index (χ0v) is 11.4. The van der Waals surface area contributed by atoms with Crippen molar-refractivity contribution < 1.29 is 5.11 Å². The van der Waals surface area contributed by atoms with Gasteiger partial charge in [-0.3, -0.25) is 4.90 Å². The van der Waals surface area contributed by atoms with Gasteiger partial charge in [0.15, 0.2) is 0 Å². The minimum atomic E-state index is 0.351. The van der Waals surface area contributed by atoms with Crippen molar-refractivity contribution in [3.63, 3.8) is 0 Å². The molecule has 0 radical (unpaired) electrons. The third kappa shape index (κ3) is 4.11. The molecule has 2 rings (SSSR count). The van der Waals surface area contributed by atoms with Gasteiger partial charge >= 0.3 is 0 Å². The minimum Gasteiger partial charge on any atom is -0.396 e. The average molecular weight is 247 g/mol. The normalized spacial score (nSPS) is 18.1. The van der Waals surface area contributed by atoms with E-state index >= 15 is 0 Å². The van der Waals surface area contributed by atoms with Gasteiger partial charge in [0.25, 0.3) is 0 Å². The fraction of sp³-hybridized carbons (Fsp3) is 0.625. The van der Waals surface area contributed by atoms with Crippen molar-refractivity contribution in [2.45, 2.75) is 39.2 Å². The van der Waals surface area contributed by atoms with Crippen molar-refractivity contribution in [2.75, 3.05) is 19.7 Å². The second kappa shape index (κ2) is 6.91. The van der Waals surface area contributed by atoms with Crippen LogP contribution in [0, 0.1) is 12.8 Å². The molecular weight excluding hydrogens is 222 g/mol. The fourth-order valence-electron chi connectivity index (χ4n) is 2.76. The Hall–Kier alpha value is -0.860. The first-order chi connectivity index (χ1) is 8.78. The van der Waals surface area contributed by atoms with E-state index in [0.29, 0.717) is 6.61 Å². The van der Waals surface area contributed by atoms with E-state index in [9.17, 15) is 0 Å². The van der Waals surface area contributed by atoms with Gasteiger partial charge in [-0.2, -0.15) is 0 Å². The summed E-state index contributed by atoms with van der Waals surface area (Å²) in [5.41, 5.74) is 2.76. The van der Waals surface area contributed by atoms with E-state index in [1.165, 1.54) is 43.5 Å². The number of hydrogen-bond donors (Lipinski definition) is 1. The second-order valence-electron chi connectivity index (χ2n) is 5.57. The van der Waals surface area contributed by atoms with Crippen LogP contribution < -0.4 is 0 Å². The Morgan fingerprint density at radius 3 is 2.44 bits per heavy atom. The Labute approximate surface area is 111 Å². The van der Waals surface area contributed by atoms with E-state index < -0.39 is 0 Å². The van der Waals surface area contributed by atoms with E-state index in [1.807, 2.05) is 0 Å². The molecule has 1 saturated heterocycles. The summed E-state index contributed by atoms with van der Waals surface area (Å²) < 4.78 is 0. The lowest BCUT2D eigenvalue weighted by molar-refractivity contribution is 0.164. The van der Waals surface area contributed by atoms with Gasteiger partial charge < -0.3 is 5.11 Å². The summed E-state index contributed by atoms with van der Waals surface area (Å²) in [6, 6.07) is 8.88. The van der Waals surface area contributed by atoms with Crippen molar-refractivity contribution in [1.82, 2.24) is 4.90 Å². The van der Waals surface area contributed by atoms with Gasteiger partial charge in [-0.15, -0.1) is 0 Å². The predicted octanol–water partition coefficient (Wildman–Crippen LogP) is 2.98. The van der Waals surface area contributed by atoms with E-state index in [2.05, 4.69) is 36.1 Å². The molecule has 0 aliphatic carbocycles. The topological polar surface area (TPSA) is 23.5 Å². The molecular formula is C16H25NO. The molecule has 1 aromatic carbocycles. The molecule has 1 aliphatic heterocycles. The van der Waals surface area contributed by atoms with Crippen molar-refractivity contribution in [3.05, 3.63) is 35.4 Å². The lowest BCUT2D eigenvalue weighted by Gasteiger charge is -2.32. The molecule has 1 aliphatic rings. The standard InChI is InChI=1S/C16H25NO/c1-14-4-6-16(7-5-14)13-17-10-8-15(9-11-17)3-2-12-18/h4-7,15,18H,2-3,8-13H2,1H3. The largest absolute Gasteiger partial charge is 0.396 e. The van der Waals surface area contributed by atoms with Crippen molar-refractivity contribution in [2.24, 2.45) is 5.92 Å². The van der Waals surface area contributed by atoms with Crippen LogP contribution in [0.5, 0.6) is 0 Å². The molecule has 1 N–H and O–H groups in total. The highest BCUT2D eigenvalue weighted by Crippen LogP contribution is 2.22. The fourth-order valence-corrected chi connectivity index (χ4v) is 2.76. The summed E-state index contributed by atoms with van der Waals surface area (Å²) in [6.07, 6.45) is 4.77. The summed E-state index contributed by atoms with van der Waals surface area (Å²) in [5, 5.41) is 8.86. The van der Waals surface area contributed by atoms with Crippen molar-refractivity contribution in [3.8, 4) is 0 Å². The molecule has 0 amide bonds. The molecule has 0 bridgehead atoms. The number of piperidine rings is 1. The zero-order valence-electron chi connectivity index (χ0n) is 11.4. The molecule has 1 heterocycles. The summed E-state index contributed by atoms with van der Waals surface area (Å²) >= 11 is 0. The lowest BCUT2D eigenvalue weighted by atomic mass is 9.92. The molecule has 18 heavy (non-hydrogen) atoms. The maximum Gasteiger partial charge on any atom is 0.0431 e. The van der Waals surface area contributed by atoms with Gasteiger partial charge in [-0.1, -0.05) is 29.8 Å². The monoisotopic (exact) mass is 247 g/mol. The van der Waals surface area contributed by atoms with Gasteiger partial charge in [0.05, 0.1) is 0 Å². The molecule has 1 aromatic rings. The van der Waals surface area contributed by atoms with Crippen LogP contribution in [0.25, 0.3) is 0 Å². The number of aryl methyl sites for hydroxylation is 1. The molecule has 0 aromatic heterocycles. The van der Waals surface area contributed by atoms with Crippen LogP contribution in [0.15, 0.2) is 24.3 Å². The molecule has 2 nitrogen and oxygen atoms in total. The number of nitrogens with zero attached hydrogens (tertiary/aromatic N) is 1. The lowest BCUT2D eigenvalue weighted by Crippen LogP contribution is -2.33. The first-order valence-corrected chi connectivity index (χ1v) is 7.16. The smallest absolute Gasteiger partial charge is 0.0431 e. The zero-order chi connectivity index (χ0) is 12.8. The maximum absolute atomic E-state index is 8.86. The number of likely N-dealkylation sites (tertiary alicyclic amines) is 1. The van der Waals surface area contributed by atoms with Crippen LogP contribution in [0.2, 0.25) is 0 Å². The highest BCUT2D eigenvalue weighted by Gasteiger charge is 2.18.